The van der Waals surface area contributed by atoms with Gasteiger partial charge in [-0.3, -0.25) is 4.90 Å². The van der Waals surface area contributed by atoms with Crippen molar-refractivity contribution in [2.45, 2.75) is 45.8 Å². The van der Waals surface area contributed by atoms with Crippen LogP contribution in [0.5, 0.6) is 0 Å². The number of ether oxygens (including phenoxy) is 2. The summed E-state index contributed by atoms with van der Waals surface area (Å²) in [7, 11) is 0. The average molecular weight is 305 g/mol. The summed E-state index contributed by atoms with van der Waals surface area (Å²) in [6.45, 7) is 11.3. The number of morpholine rings is 1. The summed E-state index contributed by atoms with van der Waals surface area (Å²) in [6.07, 6.45) is 2.39. The van der Waals surface area contributed by atoms with Crippen LogP contribution in [0.15, 0.2) is 30.3 Å². The van der Waals surface area contributed by atoms with Gasteiger partial charge in [0.15, 0.2) is 0 Å². The maximum atomic E-state index is 6.06. The molecule has 1 aliphatic heterocycles. The molecule has 2 rings (SSSR count). The Balaban J connectivity index is 1.99. The summed E-state index contributed by atoms with van der Waals surface area (Å²) in [5, 5.41) is 0. The first kappa shape index (κ1) is 17.5. The zero-order chi connectivity index (χ0) is 15.8. The maximum absolute atomic E-state index is 6.06. The molecule has 3 heteroatoms. The Morgan fingerprint density at radius 1 is 1.14 bits per heavy atom. The van der Waals surface area contributed by atoms with Gasteiger partial charge in [-0.1, -0.05) is 44.2 Å². The highest BCUT2D eigenvalue weighted by molar-refractivity contribution is 5.15. The lowest BCUT2D eigenvalue weighted by Gasteiger charge is -2.38. The van der Waals surface area contributed by atoms with E-state index in [0.717, 1.165) is 45.8 Å². The van der Waals surface area contributed by atoms with Crippen molar-refractivity contribution in [2.75, 3.05) is 32.9 Å². The zero-order valence-corrected chi connectivity index (χ0v) is 14.3. The highest BCUT2D eigenvalue weighted by Gasteiger charge is 2.27. The highest BCUT2D eigenvalue weighted by atomic mass is 16.5. The molecule has 2 atom stereocenters. The molecule has 0 amide bonds. The Morgan fingerprint density at radius 3 is 2.41 bits per heavy atom. The summed E-state index contributed by atoms with van der Waals surface area (Å²) < 4.78 is 11.6. The van der Waals surface area contributed by atoms with E-state index < -0.39 is 0 Å². The van der Waals surface area contributed by atoms with E-state index in [1.807, 2.05) is 0 Å². The lowest BCUT2D eigenvalue weighted by Crippen LogP contribution is -2.47. The van der Waals surface area contributed by atoms with E-state index in [1.165, 1.54) is 5.56 Å². The molecule has 0 spiro atoms. The molecule has 1 aromatic rings. The van der Waals surface area contributed by atoms with Crippen molar-refractivity contribution in [3.8, 4) is 0 Å². The minimum Gasteiger partial charge on any atom is -0.379 e. The Hall–Kier alpha value is -0.900. The van der Waals surface area contributed by atoms with E-state index in [9.17, 15) is 0 Å². The molecule has 22 heavy (non-hydrogen) atoms. The van der Waals surface area contributed by atoms with Crippen LogP contribution in [0.1, 0.15) is 32.8 Å². The van der Waals surface area contributed by atoms with Crippen LogP contribution in [0.3, 0.4) is 0 Å². The summed E-state index contributed by atoms with van der Waals surface area (Å²) >= 11 is 0. The SMILES string of the molecule is CCO[C@@H](Cc1ccccc1)C[C@@H](C(C)C)N1CCOCC1. The second-order valence-corrected chi connectivity index (χ2v) is 6.46. The van der Waals surface area contributed by atoms with E-state index in [0.29, 0.717) is 18.1 Å². The number of hydrogen-bond acceptors (Lipinski definition) is 3. The van der Waals surface area contributed by atoms with Gasteiger partial charge in [0.25, 0.3) is 0 Å². The lowest BCUT2D eigenvalue weighted by atomic mass is 9.93. The summed E-state index contributed by atoms with van der Waals surface area (Å²) in [5.41, 5.74) is 1.37. The van der Waals surface area contributed by atoms with Crippen LogP contribution in [0.2, 0.25) is 0 Å². The van der Waals surface area contributed by atoms with Gasteiger partial charge in [-0.15, -0.1) is 0 Å². The van der Waals surface area contributed by atoms with Gasteiger partial charge in [-0.05, 0) is 31.2 Å². The fraction of sp³-hybridized carbons (Fsp3) is 0.684. The van der Waals surface area contributed by atoms with Crippen molar-refractivity contribution in [3.63, 3.8) is 0 Å². The molecule has 0 aliphatic carbocycles. The first-order valence-electron chi connectivity index (χ1n) is 8.68. The minimum atomic E-state index is 0.294. The number of rotatable bonds is 8. The molecule has 0 saturated carbocycles. The van der Waals surface area contributed by atoms with Crippen LogP contribution in [-0.4, -0.2) is 50.0 Å². The molecule has 1 aliphatic rings. The van der Waals surface area contributed by atoms with Gasteiger partial charge in [-0.25, -0.2) is 0 Å². The van der Waals surface area contributed by atoms with E-state index in [-0.39, 0.29) is 0 Å². The van der Waals surface area contributed by atoms with E-state index in [1.54, 1.807) is 0 Å². The molecule has 124 valence electrons. The van der Waals surface area contributed by atoms with Crippen molar-refractivity contribution in [2.24, 2.45) is 5.92 Å². The number of nitrogens with zero attached hydrogens (tertiary/aromatic N) is 1. The largest absolute Gasteiger partial charge is 0.379 e. The third kappa shape index (κ3) is 5.38. The van der Waals surface area contributed by atoms with Gasteiger partial charge in [0.05, 0.1) is 19.3 Å². The monoisotopic (exact) mass is 305 g/mol. The molecule has 0 unspecified atom stereocenters. The van der Waals surface area contributed by atoms with Gasteiger partial charge in [0.1, 0.15) is 0 Å². The van der Waals surface area contributed by atoms with Gasteiger partial charge < -0.3 is 9.47 Å². The maximum Gasteiger partial charge on any atom is 0.0630 e. The fourth-order valence-electron chi connectivity index (χ4n) is 3.34. The Bertz CT molecular complexity index is 401. The fourth-order valence-corrected chi connectivity index (χ4v) is 3.34. The summed E-state index contributed by atoms with van der Waals surface area (Å²) in [4.78, 5) is 2.59. The van der Waals surface area contributed by atoms with Crippen LogP contribution >= 0.6 is 0 Å². The Labute approximate surface area is 135 Å². The first-order valence-corrected chi connectivity index (χ1v) is 8.68. The zero-order valence-electron chi connectivity index (χ0n) is 14.3. The minimum absolute atomic E-state index is 0.294. The standard InChI is InChI=1S/C19H31NO2/c1-4-22-18(14-17-8-6-5-7-9-17)15-19(16(2)3)20-10-12-21-13-11-20/h5-9,16,18-19H,4,10-15H2,1-3H3/t18-,19-/m0/s1. The third-order valence-electron chi connectivity index (χ3n) is 4.50. The van der Waals surface area contributed by atoms with Gasteiger partial charge >= 0.3 is 0 Å². The molecular weight excluding hydrogens is 274 g/mol. The van der Waals surface area contributed by atoms with Crippen molar-refractivity contribution in [1.82, 2.24) is 4.90 Å². The van der Waals surface area contributed by atoms with Gasteiger partial charge in [-0.2, -0.15) is 0 Å². The quantitative estimate of drug-likeness (QED) is 0.735. The van der Waals surface area contributed by atoms with Crippen LogP contribution in [-0.2, 0) is 15.9 Å². The third-order valence-corrected chi connectivity index (χ3v) is 4.50. The van der Waals surface area contributed by atoms with Crippen LogP contribution < -0.4 is 0 Å². The summed E-state index contributed by atoms with van der Waals surface area (Å²) in [6, 6.07) is 11.3. The van der Waals surface area contributed by atoms with Crippen molar-refractivity contribution in [3.05, 3.63) is 35.9 Å². The number of hydrogen-bond donors (Lipinski definition) is 0. The van der Waals surface area contributed by atoms with E-state index >= 15 is 0 Å². The lowest BCUT2D eigenvalue weighted by molar-refractivity contribution is -0.0210. The Morgan fingerprint density at radius 2 is 1.82 bits per heavy atom. The average Bonchev–Trinajstić information content (AvgIpc) is 2.54. The predicted octanol–water partition coefficient (Wildman–Crippen LogP) is 3.38. The number of benzene rings is 1. The molecule has 0 N–H and O–H groups in total. The molecule has 0 radical (unpaired) electrons. The second kappa shape index (κ2) is 9.29. The molecule has 1 aromatic carbocycles. The smallest absolute Gasteiger partial charge is 0.0630 e. The molecule has 1 heterocycles. The molecule has 0 bridgehead atoms. The summed E-state index contributed by atoms with van der Waals surface area (Å²) in [5.74, 6) is 0.636. The normalized spacial score (nSPS) is 19.3. The van der Waals surface area contributed by atoms with Crippen molar-refractivity contribution < 1.29 is 9.47 Å². The van der Waals surface area contributed by atoms with E-state index in [2.05, 4.69) is 56.0 Å². The Kier molecular flexibility index (Phi) is 7.37. The van der Waals surface area contributed by atoms with Crippen molar-refractivity contribution in [1.29, 1.82) is 0 Å². The van der Waals surface area contributed by atoms with Crippen LogP contribution in [0.25, 0.3) is 0 Å². The molecule has 0 aromatic heterocycles. The first-order chi connectivity index (χ1) is 10.7. The van der Waals surface area contributed by atoms with Crippen LogP contribution in [0, 0.1) is 5.92 Å². The molecule has 1 fully saturated rings. The second-order valence-electron chi connectivity index (χ2n) is 6.46. The van der Waals surface area contributed by atoms with Gasteiger partial charge in [0.2, 0.25) is 0 Å². The van der Waals surface area contributed by atoms with E-state index in [4.69, 9.17) is 9.47 Å². The predicted molar refractivity (Wildman–Crippen MR) is 91.2 cm³/mol. The highest BCUT2D eigenvalue weighted by Crippen LogP contribution is 2.21. The van der Waals surface area contributed by atoms with Gasteiger partial charge in [0, 0.05) is 25.7 Å². The van der Waals surface area contributed by atoms with Crippen LogP contribution in [0.4, 0.5) is 0 Å². The van der Waals surface area contributed by atoms with Crippen molar-refractivity contribution >= 4 is 0 Å². The molecule has 3 nitrogen and oxygen atoms in total. The topological polar surface area (TPSA) is 21.7 Å². The molecular formula is C19H31NO2. The molecule has 1 saturated heterocycles.